The average molecular weight is 332 g/mol. The normalized spacial score (nSPS) is 24.2. The third kappa shape index (κ3) is 4.69. The summed E-state index contributed by atoms with van der Waals surface area (Å²) in [5, 5.41) is 12.9. The Morgan fingerprint density at radius 3 is 2.83 bits per heavy atom. The molecule has 2 aliphatic carbocycles. The summed E-state index contributed by atoms with van der Waals surface area (Å²) >= 11 is 0. The van der Waals surface area contributed by atoms with Crippen molar-refractivity contribution in [1.29, 1.82) is 0 Å². The summed E-state index contributed by atoms with van der Waals surface area (Å²) in [4.78, 5) is 16.4. The first kappa shape index (κ1) is 17.2. The molecule has 132 valence electrons. The van der Waals surface area contributed by atoms with Crippen LogP contribution in [-0.4, -0.2) is 34.8 Å². The fourth-order valence-electron chi connectivity index (χ4n) is 3.47. The molecule has 5 nitrogen and oxygen atoms in total. The Hall–Kier alpha value is -1.62. The summed E-state index contributed by atoms with van der Waals surface area (Å²) in [5.41, 5.74) is 0.594. The van der Waals surface area contributed by atoms with Crippen molar-refractivity contribution < 1.29 is 14.6 Å². The molecule has 0 bridgehead atoms. The topological polar surface area (TPSA) is 71.5 Å². The number of ether oxygens (including phenoxy) is 1. The molecule has 2 unspecified atom stereocenters. The molecular weight excluding hydrogens is 304 g/mol. The highest BCUT2D eigenvalue weighted by Crippen LogP contribution is 2.27. The van der Waals surface area contributed by atoms with Gasteiger partial charge in [0.2, 0.25) is 5.88 Å². The first-order valence-corrected chi connectivity index (χ1v) is 9.31. The fourth-order valence-corrected chi connectivity index (χ4v) is 3.47. The quantitative estimate of drug-likeness (QED) is 0.753. The molecule has 2 saturated carbocycles. The van der Waals surface area contributed by atoms with Crippen LogP contribution in [0.15, 0.2) is 18.3 Å². The van der Waals surface area contributed by atoms with E-state index >= 15 is 0 Å². The highest BCUT2D eigenvalue weighted by molar-refractivity contribution is 5.94. The van der Waals surface area contributed by atoms with Crippen molar-refractivity contribution in [1.82, 2.24) is 10.3 Å². The number of aliphatic hydroxyl groups excluding tert-OH is 1. The van der Waals surface area contributed by atoms with Crippen LogP contribution in [0.1, 0.15) is 68.1 Å². The van der Waals surface area contributed by atoms with Gasteiger partial charge in [-0.05, 0) is 56.9 Å². The number of carbonyl (C=O) groups is 1. The monoisotopic (exact) mass is 332 g/mol. The third-order valence-corrected chi connectivity index (χ3v) is 5.24. The van der Waals surface area contributed by atoms with E-state index in [0.717, 1.165) is 44.9 Å². The lowest BCUT2D eigenvalue weighted by atomic mass is 9.83. The zero-order valence-corrected chi connectivity index (χ0v) is 14.2. The number of nitrogens with one attached hydrogen (secondary N) is 1. The SMILES string of the molecule is O=C(NCCCC1CCCCC1O)c1ccnc(OC2CCC2)c1. The van der Waals surface area contributed by atoms with Crippen LogP contribution in [0.3, 0.4) is 0 Å². The van der Waals surface area contributed by atoms with Gasteiger partial charge in [-0.25, -0.2) is 4.98 Å². The minimum absolute atomic E-state index is 0.0833. The standard InChI is InChI=1S/C19H28N2O3/c22-17-9-2-1-5-14(17)6-4-11-21-19(23)15-10-12-20-18(13-15)24-16-7-3-8-16/h10,12-14,16-17,22H,1-9,11H2,(H,21,23). The van der Waals surface area contributed by atoms with E-state index in [1.807, 2.05) is 0 Å². The van der Waals surface area contributed by atoms with Crippen molar-refractivity contribution in [2.45, 2.75) is 70.0 Å². The minimum Gasteiger partial charge on any atom is -0.474 e. The molecule has 2 atom stereocenters. The van der Waals surface area contributed by atoms with Gasteiger partial charge >= 0.3 is 0 Å². The first-order chi connectivity index (χ1) is 11.7. The summed E-state index contributed by atoms with van der Waals surface area (Å²) in [5.74, 6) is 0.858. The minimum atomic E-state index is -0.152. The Balaban J connectivity index is 1.40. The van der Waals surface area contributed by atoms with E-state index < -0.39 is 0 Å². The van der Waals surface area contributed by atoms with Gasteiger partial charge in [-0.2, -0.15) is 0 Å². The van der Waals surface area contributed by atoms with Crippen LogP contribution >= 0.6 is 0 Å². The number of aliphatic hydroxyl groups is 1. The van der Waals surface area contributed by atoms with Crippen LogP contribution in [-0.2, 0) is 0 Å². The molecule has 0 spiro atoms. The van der Waals surface area contributed by atoms with Crippen LogP contribution < -0.4 is 10.1 Å². The Labute approximate surface area is 143 Å². The van der Waals surface area contributed by atoms with Crippen molar-refractivity contribution in [3.05, 3.63) is 23.9 Å². The van der Waals surface area contributed by atoms with E-state index in [1.54, 1.807) is 18.3 Å². The average Bonchev–Trinajstić information content (AvgIpc) is 2.56. The highest BCUT2D eigenvalue weighted by atomic mass is 16.5. The Morgan fingerprint density at radius 2 is 2.08 bits per heavy atom. The Morgan fingerprint density at radius 1 is 1.25 bits per heavy atom. The number of hydrogen-bond acceptors (Lipinski definition) is 4. The first-order valence-electron chi connectivity index (χ1n) is 9.31. The molecule has 1 aromatic rings. The fraction of sp³-hybridized carbons (Fsp3) is 0.684. The van der Waals surface area contributed by atoms with Crippen LogP contribution in [0.5, 0.6) is 5.88 Å². The molecule has 24 heavy (non-hydrogen) atoms. The number of aromatic nitrogens is 1. The van der Waals surface area contributed by atoms with Gasteiger partial charge in [0.15, 0.2) is 0 Å². The molecular formula is C19H28N2O3. The summed E-state index contributed by atoms with van der Waals surface area (Å²) in [6.07, 6.45) is 11.4. The van der Waals surface area contributed by atoms with E-state index in [1.165, 1.54) is 12.8 Å². The lowest BCUT2D eigenvalue weighted by Crippen LogP contribution is -2.28. The van der Waals surface area contributed by atoms with Crippen molar-refractivity contribution in [2.24, 2.45) is 5.92 Å². The number of pyridine rings is 1. The molecule has 0 radical (unpaired) electrons. The van der Waals surface area contributed by atoms with Crippen LogP contribution in [0.25, 0.3) is 0 Å². The van der Waals surface area contributed by atoms with Gasteiger partial charge in [-0.3, -0.25) is 4.79 Å². The van der Waals surface area contributed by atoms with Crippen molar-refractivity contribution in [2.75, 3.05) is 6.54 Å². The van der Waals surface area contributed by atoms with Gasteiger partial charge < -0.3 is 15.2 Å². The molecule has 1 amide bonds. The second-order valence-electron chi connectivity index (χ2n) is 7.06. The third-order valence-electron chi connectivity index (χ3n) is 5.24. The predicted molar refractivity (Wildman–Crippen MR) is 92.0 cm³/mol. The molecule has 0 aromatic carbocycles. The Kier molecular flexibility index (Phi) is 6.07. The molecule has 5 heteroatoms. The van der Waals surface area contributed by atoms with E-state index in [2.05, 4.69) is 10.3 Å². The van der Waals surface area contributed by atoms with Gasteiger partial charge in [-0.1, -0.05) is 12.8 Å². The maximum Gasteiger partial charge on any atom is 0.251 e. The maximum atomic E-state index is 12.2. The molecule has 2 N–H and O–H groups in total. The van der Waals surface area contributed by atoms with Gasteiger partial charge in [0.25, 0.3) is 5.91 Å². The zero-order valence-electron chi connectivity index (χ0n) is 14.2. The van der Waals surface area contributed by atoms with Crippen molar-refractivity contribution in [3.63, 3.8) is 0 Å². The summed E-state index contributed by atoms with van der Waals surface area (Å²) in [6, 6.07) is 3.44. The van der Waals surface area contributed by atoms with E-state index in [4.69, 9.17) is 4.74 Å². The van der Waals surface area contributed by atoms with E-state index in [-0.39, 0.29) is 18.1 Å². The molecule has 1 heterocycles. The van der Waals surface area contributed by atoms with E-state index in [0.29, 0.717) is 23.9 Å². The second kappa shape index (κ2) is 8.47. The molecule has 1 aromatic heterocycles. The van der Waals surface area contributed by atoms with E-state index in [9.17, 15) is 9.90 Å². The number of hydrogen-bond donors (Lipinski definition) is 2. The molecule has 2 aliphatic rings. The highest BCUT2D eigenvalue weighted by Gasteiger charge is 2.22. The lowest BCUT2D eigenvalue weighted by Gasteiger charge is -2.27. The number of nitrogens with zero attached hydrogens (tertiary/aromatic N) is 1. The predicted octanol–water partition coefficient (Wildman–Crippen LogP) is 3.07. The van der Waals surface area contributed by atoms with Crippen molar-refractivity contribution in [3.8, 4) is 5.88 Å². The summed E-state index contributed by atoms with van der Waals surface area (Å²) in [7, 11) is 0. The van der Waals surface area contributed by atoms with Gasteiger partial charge in [-0.15, -0.1) is 0 Å². The number of rotatable bonds is 7. The van der Waals surface area contributed by atoms with Crippen molar-refractivity contribution >= 4 is 5.91 Å². The van der Waals surface area contributed by atoms with Gasteiger partial charge in [0.05, 0.1) is 6.10 Å². The zero-order chi connectivity index (χ0) is 16.8. The molecule has 0 aliphatic heterocycles. The second-order valence-corrected chi connectivity index (χ2v) is 7.06. The van der Waals surface area contributed by atoms with Gasteiger partial charge in [0.1, 0.15) is 6.10 Å². The summed E-state index contributed by atoms with van der Waals surface area (Å²) < 4.78 is 5.74. The molecule has 2 fully saturated rings. The van der Waals surface area contributed by atoms with Crippen LogP contribution in [0.4, 0.5) is 0 Å². The largest absolute Gasteiger partial charge is 0.474 e. The molecule has 3 rings (SSSR count). The van der Waals surface area contributed by atoms with Gasteiger partial charge in [0, 0.05) is 24.4 Å². The summed E-state index contributed by atoms with van der Waals surface area (Å²) in [6.45, 7) is 0.642. The Bertz CT molecular complexity index is 545. The maximum absolute atomic E-state index is 12.2. The number of amides is 1. The molecule has 0 saturated heterocycles. The lowest BCUT2D eigenvalue weighted by molar-refractivity contribution is 0.0641. The van der Waals surface area contributed by atoms with Crippen LogP contribution in [0.2, 0.25) is 0 Å². The van der Waals surface area contributed by atoms with Crippen LogP contribution in [0, 0.1) is 5.92 Å². The smallest absolute Gasteiger partial charge is 0.251 e. The number of carbonyl (C=O) groups excluding carboxylic acids is 1.